The van der Waals surface area contributed by atoms with Crippen LogP contribution in [0, 0.1) is 10.1 Å². The number of nitrogens with one attached hydrogen (secondary N) is 2. The van der Waals surface area contributed by atoms with Gasteiger partial charge >= 0.3 is 6.03 Å². The molecule has 0 fully saturated rings. The molecule has 1 heterocycles. The number of nitro benzene ring substituents is 1. The van der Waals surface area contributed by atoms with Crippen molar-refractivity contribution < 1.29 is 14.5 Å². The van der Waals surface area contributed by atoms with Crippen LogP contribution < -0.4 is 15.4 Å². The average Bonchev–Trinajstić information content (AvgIpc) is 3.09. The molecule has 2 amide bonds. The summed E-state index contributed by atoms with van der Waals surface area (Å²) in [5.41, 5.74) is -0.113. The zero-order chi connectivity index (χ0) is 18.4. The summed E-state index contributed by atoms with van der Waals surface area (Å²) in [6, 6.07) is 7.74. The molecule has 0 aliphatic rings. The lowest BCUT2D eigenvalue weighted by molar-refractivity contribution is -0.384. The van der Waals surface area contributed by atoms with Crippen LogP contribution >= 0.6 is 11.3 Å². The van der Waals surface area contributed by atoms with Crippen LogP contribution in [-0.4, -0.2) is 43.6 Å². The Morgan fingerprint density at radius 2 is 2.16 bits per heavy atom. The first kappa shape index (κ1) is 18.7. The number of ether oxygens (including phenoxy) is 1. The summed E-state index contributed by atoms with van der Waals surface area (Å²) >= 11 is 1.61. The second-order valence-corrected chi connectivity index (χ2v) is 6.45. The molecule has 0 spiro atoms. The maximum atomic E-state index is 12.1. The fourth-order valence-corrected chi connectivity index (χ4v) is 3.19. The summed E-state index contributed by atoms with van der Waals surface area (Å²) < 4.78 is 4.97. The molecule has 0 radical (unpaired) electrons. The Kier molecular flexibility index (Phi) is 6.31. The number of methoxy groups -OCH3 is 1. The predicted octanol–water partition coefficient (Wildman–Crippen LogP) is 3.09. The van der Waals surface area contributed by atoms with Gasteiger partial charge in [0.25, 0.3) is 5.69 Å². The van der Waals surface area contributed by atoms with Crippen LogP contribution in [0.1, 0.15) is 10.9 Å². The summed E-state index contributed by atoms with van der Waals surface area (Å²) in [6.07, 6.45) is 0. The zero-order valence-corrected chi connectivity index (χ0v) is 15.0. The maximum Gasteiger partial charge on any atom is 0.319 e. The third-order valence-corrected chi connectivity index (χ3v) is 4.57. The first-order valence-corrected chi connectivity index (χ1v) is 8.37. The molecule has 0 saturated carbocycles. The minimum absolute atomic E-state index is 0.0246. The SMILES string of the molecule is COc1ccc(NC(=O)NC[C@@H](c2cccs2)N(C)C)c([N+](=O)[O-])c1. The second-order valence-electron chi connectivity index (χ2n) is 5.47. The Morgan fingerprint density at radius 3 is 2.72 bits per heavy atom. The maximum absolute atomic E-state index is 12.1. The number of anilines is 1. The van der Waals surface area contributed by atoms with Gasteiger partial charge in [-0.25, -0.2) is 4.79 Å². The molecule has 0 aliphatic heterocycles. The van der Waals surface area contributed by atoms with Crippen molar-refractivity contribution >= 4 is 28.7 Å². The summed E-state index contributed by atoms with van der Waals surface area (Å²) in [6.45, 7) is 0.378. The van der Waals surface area contributed by atoms with Crippen molar-refractivity contribution in [3.05, 3.63) is 50.7 Å². The van der Waals surface area contributed by atoms with E-state index >= 15 is 0 Å². The minimum atomic E-state index is -0.563. The number of nitrogens with zero attached hydrogens (tertiary/aromatic N) is 2. The van der Waals surface area contributed by atoms with Crippen molar-refractivity contribution in [2.75, 3.05) is 33.1 Å². The quantitative estimate of drug-likeness (QED) is 0.581. The number of carbonyl (C=O) groups excluding carboxylic acids is 1. The number of hydrogen-bond acceptors (Lipinski definition) is 6. The van der Waals surface area contributed by atoms with Gasteiger partial charge in [-0.05, 0) is 37.7 Å². The van der Waals surface area contributed by atoms with E-state index in [1.165, 1.54) is 19.2 Å². The molecule has 9 heteroatoms. The normalized spacial score (nSPS) is 11.8. The van der Waals surface area contributed by atoms with Gasteiger partial charge in [-0.1, -0.05) is 6.07 Å². The molecule has 1 aromatic heterocycles. The van der Waals surface area contributed by atoms with Crippen molar-refractivity contribution in [1.29, 1.82) is 0 Å². The van der Waals surface area contributed by atoms with E-state index in [1.54, 1.807) is 17.4 Å². The Bertz CT molecular complexity index is 734. The lowest BCUT2D eigenvalue weighted by Crippen LogP contribution is -2.36. The molecule has 0 saturated heterocycles. The minimum Gasteiger partial charge on any atom is -0.496 e. The lowest BCUT2D eigenvalue weighted by Gasteiger charge is -2.23. The molecule has 25 heavy (non-hydrogen) atoms. The Labute approximate surface area is 149 Å². The van der Waals surface area contributed by atoms with Gasteiger partial charge in [0.15, 0.2) is 0 Å². The number of urea groups is 1. The van der Waals surface area contributed by atoms with Gasteiger partial charge in [0, 0.05) is 11.4 Å². The number of benzene rings is 1. The molecule has 2 rings (SSSR count). The molecule has 134 valence electrons. The third kappa shape index (κ3) is 4.91. The highest BCUT2D eigenvalue weighted by Gasteiger charge is 2.19. The van der Waals surface area contributed by atoms with E-state index in [0.29, 0.717) is 12.3 Å². The predicted molar refractivity (Wildman–Crippen MR) is 97.4 cm³/mol. The molecule has 1 atom stereocenters. The molecule has 8 nitrogen and oxygen atoms in total. The van der Waals surface area contributed by atoms with Crippen LogP contribution in [0.5, 0.6) is 5.75 Å². The summed E-state index contributed by atoms with van der Waals surface area (Å²) in [4.78, 5) is 25.9. The van der Waals surface area contributed by atoms with Gasteiger partial charge in [-0.3, -0.25) is 10.1 Å². The van der Waals surface area contributed by atoms with Crippen LogP contribution in [0.25, 0.3) is 0 Å². The number of thiophene rings is 1. The topological polar surface area (TPSA) is 96.7 Å². The second kappa shape index (κ2) is 8.45. The van der Waals surface area contributed by atoms with Gasteiger partial charge in [0.1, 0.15) is 11.4 Å². The molecule has 0 bridgehead atoms. The van der Waals surface area contributed by atoms with Crippen LogP contribution in [0.15, 0.2) is 35.7 Å². The van der Waals surface area contributed by atoms with E-state index < -0.39 is 11.0 Å². The van der Waals surface area contributed by atoms with Gasteiger partial charge in [-0.15, -0.1) is 11.3 Å². The molecule has 0 unspecified atom stereocenters. The fourth-order valence-electron chi connectivity index (χ4n) is 2.27. The number of nitro groups is 1. The van der Waals surface area contributed by atoms with E-state index in [-0.39, 0.29) is 17.4 Å². The molecule has 0 aliphatic carbocycles. The summed E-state index contributed by atoms with van der Waals surface area (Å²) in [5, 5.41) is 18.4. The van der Waals surface area contributed by atoms with Crippen molar-refractivity contribution in [1.82, 2.24) is 10.2 Å². The zero-order valence-electron chi connectivity index (χ0n) is 14.2. The molecular weight excluding hydrogens is 344 g/mol. The monoisotopic (exact) mass is 364 g/mol. The van der Waals surface area contributed by atoms with Crippen molar-refractivity contribution in [2.45, 2.75) is 6.04 Å². The standard InChI is InChI=1S/C16H20N4O4S/c1-19(2)14(15-5-4-8-25-15)10-17-16(21)18-12-7-6-11(24-3)9-13(12)20(22)23/h4-9,14H,10H2,1-3H3,(H2,17,18,21)/t14-/m0/s1. The van der Waals surface area contributed by atoms with Gasteiger partial charge in [0.2, 0.25) is 0 Å². The Hall–Kier alpha value is -2.65. The van der Waals surface area contributed by atoms with E-state index in [4.69, 9.17) is 4.74 Å². The molecule has 1 aromatic carbocycles. The van der Waals surface area contributed by atoms with Crippen molar-refractivity contribution in [3.63, 3.8) is 0 Å². The number of carbonyl (C=O) groups is 1. The molecule has 2 aromatic rings. The average molecular weight is 364 g/mol. The highest BCUT2D eigenvalue weighted by molar-refractivity contribution is 7.10. The van der Waals surface area contributed by atoms with E-state index in [9.17, 15) is 14.9 Å². The van der Waals surface area contributed by atoms with Gasteiger partial charge < -0.3 is 20.3 Å². The highest BCUT2D eigenvalue weighted by atomic mass is 32.1. The Morgan fingerprint density at radius 1 is 1.40 bits per heavy atom. The summed E-state index contributed by atoms with van der Waals surface area (Å²) in [5.74, 6) is 0.350. The summed E-state index contributed by atoms with van der Waals surface area (Å²) in [7, 11) is 5.28. The fraction of sp³-hybridized carbons (Fsp3) is 0.312. The first-order valence-electron chi connectivity index (χ1n) is 7.49. The largest absolute Gasteiger partial charge is 0.496 e. The third-order valence-electron chi connectivity index (χ3n) is 3.60. The van der Waals surface area contributed by atoms with E-state index in [1.807, 2.05) is 36.5 Å². The van der Waals surface area contributed by atoms with Crippen molar-refractivity contribution in [2.24, 2.45) is 0 Å². The van der Waals surface area contributed by atoms with Crippen molar-refractivity contribution in [3.8, 4) is 5.75 Å². The number of likely N-dealkylation sites (N-methyl/N-ethyl adjacent to an activating group) is 1. The number of rotatable bonds is 7. The van der Waals surface area contributed by atoms with Crippen LogP contribution in [0.3, 0.4) is 0 Å². The van der Waals surface area contributed by atoms with E-state index in [2.05, 4.69) is 10.6 Å². The van der Waals surface area contributed by atoms with E-state index in [0.717, 1.165) is 4.88 Å². The number of hydrogen-bond donors (Lipinski definition) is 2. The number of amides is 2. The Balaban J connectivity index is 2.04. The first-order chi connectivity index (χ1) is 11.9. The highest BCUT2D eigenvalue weighted by Crippen LogP contribution is 2.29. The van der Waals surface area contributed by atoms with Crippen LogP contribution in [0.2, 0.25) is 0 Å². The van der Waals surface area contributed by atoms with Crippen LogP contribution in [0.4, 0.5) is 16.2 Å². The molecular formula is C16H20N4O4S. The van der Waals surface area contributed by atoms with Gasteiger partial charge in [-0.2, -0.15) is 0 Å². The lowest BCUT2D eigenvalue weighted by atomic mass is 10.2. The van der Waals surface area contributed by atoms with Crippen LogP contribution in [-0.2, 0) is 0 Å². The molecule has 2 N–H and O–H groups in total. The van der Waals surface area contributed by atoms with Gasteiger partial charge in [0.05, 0.1) is 24.1 Å². The smallest absolute Gasteiger partial charge is 0.319 e.